The predicted octanol–water partition coefficient (Wildman–Crippen LogP) is 2.20. The van der Waals surface area contributed by atoms with Crippen molar-refractivity contribution >= 4 is 5.78 Å². The molecule has 4 heteroatoms. The Balaban J connectivity index is 2.42. The molecule has 0 atom stereocenters. The van der Waals surface area contributed by atoms with Gasteiger partial charge in [-0.15, -0.1) is 0 Å². The van der Waals surface area contributed by atoms with E-state index >= 15 is 0 Å². The molecule has 0 aromatic carbocycles. The summed E-state index contributed by atoms with van der Waals surface area (Å²) in [6.45, 7) is 6.62. The minimum absolute atomic E-state index is 0.114. The van der Waals surface area contributed by atoms with Crippen molar-refractivity contribution in [3.63, 3.8) is 0 Å². The first-order valence-corrected chi connectivity index (χ1v) is 5.30. The first-order valence-electron chi connectivity index (χ1n) is 5.30. The van der Waals surface area contributed by atoms with Crippen molar-refractivity contribution in [1.82, 2.24) is 19.6 Å². The molecule has 4 nitrogen and oxygen atoms in total. The van der Waals surface area contributed by atoms with Crippen LogP contribution >= 0.6 is 0 Å². The van der Waals surface area contributed by atoms with Gasteiger partial charge in [-0.05, 0) is 12.5 Å². The van der Waals surface area contributed by atoms with Gasteiger partial charge >= 0.3 is 0 Å². The third-order valence-corrected chi connectivity index (χ3v) is 2.72. The average molecular weight is 204 g/mol. The van der Waals surface area contributed by atoms with Gasteiger partial charge in [0.1, 0.15) is 6.33 Å². The lowest BCUT2D eigenvalue weighted by Crippen LogP contribution is -2.19. The summed E-state index contributed by atoms with van der Waals surface area (Å²) in [5.74, 6) is 0.677. The molecule has 0 unspecified atom stereocenters. The fraction of sp³-hybridized carbons (Fsp3) is 0.545. The molecule has 2 heterocycles. The third kappa shape index (κ3) is 1.84. The Morgan fingerprint density at radius 1 is 1.40 bits per heavy atom. The Hall–Kier alpha value is -1.45. The Labute approximate surface area is 89.4 Å². The summed E-state index contributed by atoms with van der Waals surface area (Å²) < 4.78 is 1.69. The lowest BCUT2D eigenvalue weighted by Gasteiger charge is -2.22. The van der Waals surface area contributed by atoms with E-state index in [1.807, 2.05) is 12.3 Å². The van der Waals surface area contributed by atoms with Gasteiger partial charge in [0.2, 0.25) is 0 Å². The van der Waals surface area contributed by atoms with E-state index < -0.39 is 0 Å². The normalized spacial score (nSPS) is 12.2. The fourth-order valence-corrected chi connectivity index (χ4v) is 1.85. The van der Waals surface area contributed by atoms with E-state index in [0.29, 0.717) is 5.78 Å². The van der Waals surface area contributed by atoms with Crippen LogP contribution < -0.4 is 0 Å². The monoisotopic (exact) mass is 204 g/mol. The van der Waals surface area contributed by atoms with E-state index in [1.165, 1.54) is 6.33 Å². The van der Waals surface area contributed by atoms with Crippen LogP contribution in [0.15, 0.2) is 18.6 Å². The lowest BCUT2D eigenvalue weighted by molar-refractivity contribution is 0.459. The Kier molecular flexibility index (Phi) is 2.42. The summed E-state index contributed by atoms with van der Waals surface area (Å²) in [4.78, 5) is 8.61. The second-order valence-corrected chi connectivity index (χ2v) is 4.45. The average Bonchev–Trinajstić information content (AvgIpc) is 2.63. The van der Waals surface area contributed by atoms with Gasteiger partial charge < -0.3 is 0 Å². The zero-order valence-corrected chi connectivity index (χ0v) is 9.44. The molecule has 0 radical (unpaired) electrons. The van der Waals surface area contributed by atoms with Gasteiger partial charge in [-0.2, -0.15) is 10.1 Å². The Morgan fingerprint density at radius 2 is 2.20 bits per heavy atom. The number of hydrogen-bond donors (Lipinski definition) is 0. The van der Waals surface area contributed by atoms with E-state index in [-0.39, 0.29) is 5.41 Å². The highest BCUT2D eigenvalue weighted by Gasteiger charge is 2.21. The topological polar surface area (TPSA) is 43.1 Å². The van der Waals surface area contributed by atoms with E-state index in [0.717, 1.165) is 18.5 Å². The van der Waals surface area contributed by atoms with Gasteiger partial charge in [-0.1, -0.05) is 27.2 Å². The first-order chi connectivity index (χ1) is 7.13. The zero-order valence-electron chi connectivity index (χ0n) is 9.44. The summed E-state index contributed by atoms with van der Waals surface area (Å²) in [6.07, 6.45) is 5.73. The molecule has 80 valence electrons. The van der Waals surface area contributed by atoms with Crippen LogP contribution in [0.5, 0.6) is 0 Å². The number of rotatable bonds is 3. The van der Waals surface area contributed by atoms with Crippen LogP contribution in [0.3, 0.4) is 0 Å². The molecule has 0 N–H and O–H groups in total. The summed E-state index contributed by atoms with van der Waals surface area (Å²) in [5.41, 5.74) is 1.20. The maximum atomic E-state index is 4.51. The third-order valence-electron chi connectivity index (χ3n) is 2.72. The van der Waals surface area contributed by atoms with Crippen molar-refractivity contribution in [2.45, 2.75) is 39.0 Å². The maximum absolute atomic E-state index is 4.51. The van der Waals surface area contributed by atoms with Gasteiger partial charge in [-0.3, -0.25) is 0 Å². The molecular weight excluding hydrogens is 188 g/mol. The number of fused-ring (bicyclic) bond motifs is 1. The van der Waals surface area contributed by atoms with Crippen molar-refractivity contribution in [3.05, 3.63) is 24.3 Å². The van der Waals surface area contributed by atoms with Crippen molar-refractivity contribution in [3.8, 4) is 0 Å². The minimum atomic E-state index is 0.114. The summed E-state index contributed by atoms with van der Waals surface area (Å²) >= 11 is 0. The largest absolute Gasteiger partial charge is 0.252 e. The second-order valence-electron chi connectivity index (χ2n) is 4.45. The summed E-state index contributed by atoms with van der Waals surface area (Å²) in [5, 5.41) is 4.03. The summed E-state index contributed by atoms with van der Waals surface area (Å²) in [7, 11) is 0. The van der Waals surface area contributed by atoms with Crippen LogP contribution in [-0.2, 0) is 5.41 Å². The molecule has 2 aromatic rings. The quantitative estimate of drug-likeness (QED) is 0.769. The molecule has 0 bridgehead atoms. The van der Waals surface area contributed by atoms with Gasteiger partial charge in [0.05, 0.1) is 5.69 Å². The van der Waals surface area contributed by atoms with Gasteiger partial charge in [-0.25, -0.2) is 9.50 Å². The van der Waals surface area contributed by atoms with Gasteiger partial charge in [0.15, 0.2) is 0 Å². The molecule has 2 rings (SSSR count). The van der Waals surface area contributed by atoms with Crippen LogP contribution in [0.1, 0.15) is 39.3 Å². The molecule has 0 amide bonds. The molecule has 2 aromatic heterocycles. The number of hydrogen-bond acceptors (Lipinski definition) is 3. The molecule has 0 aliphatic carbocycles. The Morgan fingerprint density at radius 3 is 2.93 bits per heavy atom. The predicted molar refractivity (Wildman–Crippen MR) is 58.7 cm³/mol. The van der Waals surface area contributed by atoms with Crippen molar-refractivity contribution in [1.29, 1.82) is 0 Å². The molecule has 0 saturated heterocycles. The fourth-order valence-electron chi connectivity index (χ4n) is 1.85. The lowest BCUT2D eigenvalue weighted by atomic mass is 9.84. The van der Waals surface area contributed by atoms with Gasteiger partial charge in [0.25, 0.3) is 5.78 Å². The van der Waals surface area contributed by atoms with E-state index in [4.69, 9.17) is 0 Å². The highest BCUT2D eigenvalue weighted by Crippen LogP contribution is 2.26. The van der Waals surface area contributed by atoms with Crippen molar-refractivity contribution in [2.24, 2.45) is 0 Å². The highest BCUT2D eigenvalue weighted by atomic mass is 15.3. The number of nitrogens with zero attached hydrogens (tertiary/aromatic N) is 4. The second kappa shape index (κ2) is 3.61. The van der Waals surface area contributed by atoms with Crippen molar-refractivity contribution < 1.29 is 0 Å². The van der Waals surface area contributed by atoms with Crippen LogP contribution in [0.2, 0.25) is 0 Å². The van der Waals surface area contributed by atoms with Crippen LogP contribution in [-0.4, -0.2) is 19.6 Å². The standard InChI is InChI=1S/C11H16N4/c1-4-6-11(2,3)9-5-7-15-10(14-9)12-8-13-15/h5,7-8H,4,6H2,1-3H3. The van der Waals surface area contributed by atoms with Crippen LogP contribution in [0.25, 0.3) is 5.78 Å². The number of aromatic nitrogens is 4. The zero-order chi connectivity index (χ0) is 10.9. The smallest absolute Gasteiger partial charge is 0.216 e. The molecule has 0 saturated carbocycles. The first kappa shape index (κ1) is 10.1. The van der Waals surface area contributed by atoms with Crippen LogP contribution in [0, 0.1) is 0 Å². The van der Waals surface area contributed by atoms with E-state index in [1.54, 1.807) is 4.52 Å². The Bertz CT molecular complexity index is 458. The molecule has 0 fully saturated rings. The highest BCUT2D eigenvalue weighted by molar-refractivity contribution is 5.28. The van der Waals surface area contributed by atoms with Gasteiger partial charge in [0, 0.05) is 11.6 Å². The molecular formula is C11H16N4. The van der Waals surface area contributed by atoms with E-state index in [9.17, 15) is 0 Å². The maximum Gasteiger partial charge on any atom is 0.252 e. The minimum Gasteiger partial charge on any atom is -0.216 e. The van der Waals surface area contributed by atoms with Crippen LogP contribution in [0.4, 0.5) is 0 Å². The molecule has 0 aliphatic heterocycles. The molecule has 0 spiro atoms. The van der Waals surface area contributed by atoms with E-state index in [2.05, 4.69) is 35.8 Å². The SMILES string of the molecule is CCCC(C)(C)c1ccn2ncnc2n1. The van der Waals surface area contributed by atoms with Crippen molar-refractivity contribution in [2.75, 3.05) is 0 Å². The molecule has 0 aliphatic rings. The molecule has 15 heavy (non-hydrogen) atoms. The summed E-state index contributed by atoms with van der Waals surface area (Å²) in [6, 6.07) is 2.03.